The van der Waals surface area contributed by atoms with Gasteiger partial charge in [0.25, 0.3) is 0 Å². The molecule has 21 heavy (non-hydrogen) atoms. The highest BCUT2D eigenvalue weighted by Gasteiger charge is 2.20. The Balaban J connectivity index is 1.91. The van der Waals surface area contributed by atoms with Crippen molar-refractivity contribution in [1.29, 1.82) is 0 Å². The van der Waals surface area contributed by atoms with Gasteiger partial charge in [-0.2, -0.15) is 0 Å². The molecule has 110 valence electrons. The maximum atomic E-state index is 12.2. The minimum Gasteiger partial charge on any atom is -0.439 e. The van der Waals surface area contributed by atoms with Crippen LogP contribution in [-0.2, 0) is 0 Å². The zero-order valence-electron chi connectivity index (χ0n) is 11.4. The van der Waals surface area contributed by atoms with E-state index in [-0.39, 0.29) is 21.8 Å². The smallest absolute Gasteiger partial charge is 0.324 e. The predicted octanol–water partition coefficient (Wildman–Crippen LogP) is 3.57. The van der Waals surface area contributed by atoms with E-state index in [4.69, 9.17) is 4.42 Å². The van der Waals surface area contributed by atoms with Gasteiger partial charge >= 0.3 is 6.03 Å². The van der Waals surface area contributed by atoms with Gasteiger partial charge in [0.2, 0.25) is 11.3 Å². The number of fused-ring (bicyclic) bond motifs is 1. The van der Waals surface area contributed by atoms with Crippen LogP contribution in [0.1, 0.15) is 19.3 Å². The van der Waals surface area contributed by atoms with Gasteiger partial charge in [-0.1, -0.05) is 12.1 Å². The molecule has 0 saturated carbocycles. The first-order valence-corrected chi connectivity index (χ1v) is 7.73. The van der Waals surface area contributed by atoms with Gasteiger partial charge in [0.1, 0.15) is 10.1 Å². The van der Waals surface area contributed by atoms with E-state index in [0.29, 0.717) is 11.0 Å². The van der Waals surface area contributed by atoms with Crippen LogP contribution in [0.4, 0.5) is 10.7 Å². The molecular weight excluding hydrogens is 336 g/mol. The van der Waals surface area contributed by atoms with Crippen molar-refractivity contribution in [3.8, 4) is 0 Å². The molecule has 2 heterocycles. The Labute approximate surface area is 130 Å². The van der Waals surface area contributed by atoms with Crippen molar-refractivity contribution < 1.29 is 9.21 Å². The first-order chi connectivity index (χ1) is 10.2. The normalized spacial score (nSPS) is 15.2. The topological polar surface area (TPSA) is 62.6 Å². The van der Waals surface area contributed by atoms with Gasteiger partial charge < -0.3 is 9.32 Å². The molecule has 0 spiro atoms. The number of likely N-dealkylation sites (tertiary alicyclic amines) is 1. The van der Waals surface area contributed by atoms with Crippen molar-refractivity contribution in [2.45, 2.75) is 19.3 Å². The number of hydrogen-bond donors (Lipinski definition) is 1. The molecule has 5 nitrogen and oxygen atoms in total. The third-order valence-electron chi connectivity index (χ3n) is 3.61. The monoisotopic (exact) mass is 350 g/mol. The van der Waals surface area contributed by atoms with Crippen LogP contribution in [0, 0.1) is 0 Å². The molecule has 1 aromatic carbocycles. The fraction of sp³-hybridized carbons (Fsp3) is 0.333. The van der Waals surface area contributed by atoms with E-state index in [1.165, 1.54) is 0 Å². The molecule has 2 aromatic rings. The van der Waals surface area contributed by atoms with E-state index in [0.717, 1.165) is 32.4 Å². The average Bonchev–Trinajstić information content (AvgIpc) is 2.53. The molecule has 0 bridgehead atoms. The Morgan fingerprint density at radius 2 is 1.90 bits per heavy atom. The molecule has 1 saturated heterocycles. The molecule has 0 aliphatic carbocycles. The lowest BCUT2D eigenvalue weighted by atomic mass is 10.1. The third-order valence-corrected chi connectivity index (χ3v) is 4.33. The lowest BCUT2D eigenvalue weighted by Gasteiger charge is -2.26. The van der Waals surface area contributed by atoms with E-state index in [1.54, 1.807) is 29.2 Å². The molecule has 1 N–H and O–H groups in total. The van der Waals surface area contributed by atoms with E-state index in [1.807, 2.05) is 0 Å². The first kappa shape index (κ1) is 14.1. The molecule has 0 atom stereocenters. The number of halogens is 1. The molecule has 1 aliphatic heterocycles. The zero-order chi connectivity index (χ0) is 14.8. The van der Waals surface area contributed by atoms with Gasteiger partial charge in [-0.25, -0.2) is 4.79 Å². The largest absolute Gasteiger partial charge is 0.439 e. The third kappa shape index (κ3) is 2.81. The number of urea groups is 1. The zero-order valence-corrected chi connectivity index (χ0v) is 13.0. The molecule has 1 aromatic heterocycles. The van der Waals surface area contributed by atoms with E-state index in [2.05, 4.69) is 21.2 Å². The maximum Gasteiger partial charge on any atom is 0.324 e. The van der Waals surface area contributed by atoms with E-state index < -0.39 is 0 Å². The number of carbonyl (C=O) groups is 1. The van der Waals surface area contributed by atoms with Crippen LogP contribution in [0.3, 0.4) is 0 Å². The highest BCUT2D eigenvalue weighted by molar-refractivity contribution is 9.10. The van der Waals surface area contributed by atoms with Gasteiger partial charge in [-0.05, 0) is 47.3 Å². The molecule has 0 unspecified atom stereocenters. The van der Waals surface area contributed by atoms with Gasteiger partial charge in [0.15, 0.2) is 0 Å². The maximum absolute atomic E-state index is 12.2. The van der Waals surface area contributed by atoms with Crippen LogP contribution in [0.15, 0.2) is 37.9 Å². The summed E-state index contributed by atoms with van der Waals surface area (Å²) < 4.78 is 5.87. The second-order valence-corrected chi connectivity index (χ2v) is 5.84. The summed E-state index contributed by atoms with van der Waals surface area (Å²) in [5.74, 6) is 0.161. The summed E-state index contributed by atoms with van der Waals surface area (Å²) in [5, 5.41) is 3.17. The molecule has 1 aliphatic rings. The standard InChI is InChI=1S/C15H15BrN2O3/c16-12-13(19)10-6-2-3-7-11(10)21-14(12)17-15(20)18-8-4-1-5-9-18/h2-3,6-7H,1,4-5,8-9H2,(H,17,20). The Kier molecular flexibility index (Phi) is 3.96. The number of benzene rings is 1. The van der Waals surface area contributed by atoms with Gasteiger partial charge in [-0.3, -0.25) is 10.1 Å². The summed E-state index contributed by atoms with van der Waals surface area (Å²) in [6, 6.07) is 6.74. The van der Waals surface area contributed by atoms with Gasteiger partial charge in [0, 0.05) is 13.1 Å². The number of hydrogen-bond acceptors (Lipinski definition) is 3. The predicted molar refractivity (Wildman–Crippen MR) is 84.6 cm³/mol. The minimum absolute atomic E-state index is 0.161. The van der Waals surface area contributed by atoms with Crippen LogP contribution in [0.2, 0.25) is 0 Å². The summed E-state index contributed by atoms with van der Waals surface area (Å²) in [6.07, 6.45) is 3.17. The number of rotatable bonds is 1. The SMILES string of the molecule is O=C(Nc1oc2ccccc2c(=O)c1Br)N1CCCCC1. The summed E-state index contributed by atoms with van der Waals surface area (Å²) in [4.78, 5) is 26.2. The van der Waals surface area contributed by atoms with Gasteiger partial charge in [-0.15, -0.1) is 0 Å². The van der Waals surface area contributed by atoms with Gasteiger partial charge in [0.05, 0.1) is 5.39 Å². The van der Waals surface area contributed by atoms with Crippen molar-refractivity contribution in [3.63, 3.8) is 0 Å². The number of para-hydroxylation sites is 1. The van der Waals surface area contributed by atoms with Crippen LogP contribution < -0.4 is 10.7 Å². The van der Waals surface area contributed by atoms with E-state index >= 15 is 0 Å². The van der Waals surface area contributed by atoms with Crippen LogP contribution >= 0.6 is 15.9 Å². The summed E-state index contributed by atoms with van der Waals surface area (Å²) >= 11 is 3.21. The average molecular weight is 351 g/mol. The number of carbonyl (C=O) groups excluding carboxylic acids is 1. The highest BCUT2D eigenvalue weighted by Crippen LogP contribution is 2.24. The minimum atomic E-state index is -0.228. The number of amides is 2. The van der Waals surface area contributed by atoms with E-state index in [9.17, 15) is 9.59 Å². The molecule has 2 amide bonds. The summed E-state index contributed by atoms with van der Waals surface area (Å²) in [6.45, 7) is 1.47. The summed E-state index contributed by atoms with van der Waals surface area (Å²) in [7, 11) is 0. The number of nitrogens with zero attached hydrogens (tertiary/aromatic N) is 1. The van der Waals surface area contributed by atoms with Crippen LogP contribution in [-0.4, -0.2) is 24.0 Å². The Morgan fingerprint density at radius 3 is 2.67 bits per heavy atom. The lowest BCUT2D eigenvalue weighted by molar-refractivity contribution is 0.199. The lowest BCUT2D eigenvalue weighted by Crippen LogP contribution is -2.38. The van der Waals surface area contributed by atoms with Crippen LogP contribution in [0.25, 0.3) is 11.0 Å². The number of anilines is 1. The first-order valence-electron chi connectivity index (χ1n) is 6.94. The fourth-order valence-corrected chi connectivity index (χ4v) is 2.87. The van der Waals surface area contributed by atoms with Crippen molar-refractivity contribution in [1.82, 2.24) is 4.90 Å². The molecule has 0 radical (unpaired) electrons. The second kappa shape index (κ2) is 5.89. The highest BCUT2D eigenvalue weighted by atomic mass is 79.9. The quantitative estimate of drug-likeness (QED) is 0.854. The van der Waals surface area contributed by atoms with Crippen molar-refractivity contribution in [3.05, 3.63) is 39.0 Å². The molecular formula is C15H15BrN2O3. The van der Waals surface area contributed by atoms with Crippen molar-refractivity contribution in [2.24, 2.45) is 0 Å². The Hall–Kier alpha value is -1.82. The van der Waals surface area contributed by atoms with Crippen molar-refractivity contribution >= 4 is 38.8 Å². The summed E-state index contributed by atoms with van der Waals surface area (Å²) in [5.41, 5.74) is 0.269. The fourth-order valence-electron chi connectivity index (χ4n) is 2.47. The Bertz CT molecular complexity index is 735. The number of piperidine rings is 1. The molecule has 1 fully saturated rings. The molecule has 3 rings (SSSR count). The molecule has 6 heteroatoms. The Morgan fingerprint density at radius 1 is 1.19 bits per heavy atom. The van der Waals surface area contributed by atoms with Crippen LogP contribution in [0.5, 0.6) is 0 Å². The number of nitrogens with one attached hydrogen (secondary N) is 1. The van der Waals surface area contributed by atoms with Crippen molar-refractivity contribution in [2.75, 3.05) is 18.4 Å². The second-order valence-electron chi connectivity index (χ2n) is 5.05.